The lowest BCUT2D eigenvalue weighted by molar-refractivity contribution is -0.470. The Morgan fingerprint density at radius 2 is 2.25 bits per heavy atom. The number of hydrogen-bond donors (Lipinski definition) is 2. The molecule has 0 saturated carbocycles. The van der Waals surface area contributed by atoms with Gasteiger partial charge in [-0.25, -0.2) is 4.99 Å². The summed E-state index contributed by atoms with van der Waals surface area (Å²) >= 11 is 0. The SMILES string of the molecule is CC1=[NH+]CCNC(C)=C1[N+](=O)[O-]. The van der Waals surface area contributed by atoms with Crippen molar-refractivity contribution in [2.24, 2.45) is 0 Å². The van der Waals surface area contributed by atoms with Crippen molar-refractivity contribution in [3.8, 4) is 0 Å². The zero-order valence-electron chi connectivity index (χ0n) is 7.18. The van der Waals surface area contributed by atoms with E-state index in [0.29, 0.717) is 11.4 Å². The summed E-state index contributed by atoms with van der Waals surface area (Å²) in [5.41, 5.74) is 1.41. The van der Waals surface area contributed by atoms with Gasteiger partial charge < -0.3 is 5.32 Å². The predicted molar refractivity (Wildman–Crippen MR) is 44.2 cm³/mol. The van der Waals surface area contributed by atoms with Crippen LogP contribution in [0, 0.1) is 10.1 Å². The number of nitro groups is 1. The highest BCUT2D eigenvalue weighted by atomic mass is 16.6. The largest absolute Gasteiger partial charge is 0.377 e. The zero-order valence-corrected chi connectivity index (χ0v) is 7.18. The maximum Gasteiger partial charge on any atom is 0.352 e. The summed E-state index contributed by atoms with van der Waals surface area (Å²) in [5.74, 6) is 0. The van der Waals surface area contributed by atoms with Gasteiger partial charge >= 0.3 is 5.70 Å². The van der Waals surface area contributed by atoms with Crippen LogP contribution in [0.3, 0.4) is 0 Å². The van der Waals surface area contributed by atoms with Gasteiger partial charge in [-0.1, -0.05) is 0 Å². The third-order valence-electron chi connectivity index (χ3n) is 1.80. The number of allylic oxidation sites excluding steroid dienone is 2. The van der Waals surface area contributed by atoms with Crippen LogP contribution >= 0.6 is 0 Å². The summed E-state index contributed by atoms with van der Waals surface area (Å²) in [6.07, 6.45) is 0. The number of hydrogen-bond acceptors (Lipinski definition) is 3. The van der Waals surface area contributed by atoms with Crippen molar-refractivity contribution in [2.45, 2.75) is 13.8 Å². The van der Waals surface area contributed by atoms with Crippen LogP contribution in [-0.4, -0.2) is 23.7 Å². The standard InChI is InChI=1S/C7H11N3O2/c1-5-7(10(11)12)6(2)9-4-3-8-5/h8H,3-4H2,1-2H3/p+1. The van der Waals surface area contributed by atoms with Crippen molar-refractivity contribution >= 4 is 5.71 Å². The first kappa shape index (κ1) is 8.70. The Balaban J connectivity index is 3.07. The highest BCUT2D eigenvalue weighted by Crippen LogP contribution is 2.02. The van der Waals surface area contributed by atoms with E-state index in [-0.39, 0.29) is 10.6 Å². The van der Waals surface area contributed by atoms with Gasteiger partial charge in [0.1, 0.15) is 0 Å². The van der Waals surface area contributed by atoms with E-state index in [2.05, 4.69) is 10.3 Å². The molecular weight excluding hydrogens is 158 g/mol. The molecular formula is C7H12N3O2+. The summed E-state index contributed by atoms with van der Waals surface area (Å²) in [7, 11) is 0. The monoisotopic (exact) mass is 170 g/mol. The van der Waals surface area contributed by atoms with E-state index >= 15 is 0 Å². The van der Waals surface area contributed by atoms with Crippen molar-refractivity contribution in [3.05, 3.63) is 21.5 Å². The van der Waals surface area contributed by atoms with Crippen LogP contribution in [0.2, 0.25) is 0 Å². The molecule has 2 N–H and O–H groups in total. The molecule has 1 rings (SSSR count). The summed E-state index contributed by atoms with van der Waals surface area (Å²) in [5, 5.41) is 13.5. The molecule has 0 fully saturated rings. The van der Waals surface area contributed by atoms with Gasteiger partial charge in [0, 0.05) is 6.92 Å². The fourth-order valence-electron chi connectivity index (χ4n) is 1.22. The van der Waals surface area contributed by atoms with E-state index in [4.69, 9.17) is 0 Å². The van der Waals surface area contributed by atoms with E-state index in [9.17, 15) is 10.1 Å². The van der Waals surface area contributed by atoms with Crippen LogP contribution in [0.4, 0.5) is 0 Å². The van der Waals surface area contributed by atoms with Gasteiger partial charge in [-0.05, 0) is 6.92 Å². The molecule has 0 atom stereocenters. The van der Waals surface area contributed by atoms with Crippen LogP contribution in [0.25, 0.3) is 0 Å². The first-order valence-electron chi connectivity index (χ1n) is 3.80. The minimum Gasteiger partial charge on any atom is -0.377 e. The molecule has 12 heavy (non-hydrogen) atoms. The maximum atomic E-state index is 10.6. The van der Waals surface area contributed by atoms with E-state index in [1.807, 2.05) is 0 Å². The lowest BCUT2D eigenvalue weighted by Gasteiger charge is -1.98. The maximum absolute atomic E-state index is 10.6. The molecule has 0 radical (unpaired) electrons. The number of rotatable bonds is 1. The van der Waals surface area contributed by atoms with Crippen LogP contribution < -0.4 is 10.3 Å². The second kappa shape index (κ2) is 3.34. The van der Waals surface area contributed by atoms with Crippen molar-refractivity contribution in [3.63, 3.8) is 0 Å². The average molecular weight is 170 g/mol. The molecule has 1 aliphatic heterocycles. The Labute approximate surface area is 70.3 Å². The van der Waals surface area contributed by atoms with Crippen molar-refractivity contribution < 1.29 is 9.92 Å². The third-order valence-corrected chi connectivity index (χ3v) is 1.80. The van der Waals surface area contributed by atoms with Crippen LogP contribution in [-0.2, 0) is 0 Å². The van der Waals surface area contributed by atoms with E-state index in [1.165, 1.54) is 0 Å². The second-order valence-corrected chi connectivity index (χ2v) is 2.71. The lowest BCUT2D eigenvalue weighted by Crippen LogP contribution is -2.74. The summed E-state index contributed by atoms with van der Waals surface area (Å²) in [6.45, 7) is 4.88. The lowest BCUT2D eigenvalue weighted by atomic mass is 10.2. The molecule has 0 unspecified atom stereocenters. The molecule has 66 valence electrons. The molecule has 0 aliphatic carbocycles. The molecule has 0 aromatic rings. The smallest absolute Gasteiger partial charge is 0.352 e. The van der Waals surface area contributed by atoms with Gasteiger partial charge in [0.05, 0.1) is 17.2 Å². The minimum atomic E-state index is -0.365. The predicted octanol–water partition coefficient (Wildman–Crippen LogP) is -1.36. The molecule has 1 aliphatic rings. The zero-order chi connectivity index (χ0) is 9.14. The van der Waals surface area contributed by atoms with Gasteiger partial charge in [-0.15, -0.1) is 0 Å². The molecule has 0 amide bonds. The van der Waals surface area contributed by atoms with Gasteiger partial charge in [0.25, 0.3) is 5.71 Å². The second-order valence-electron chi connectivity index (χ2n) is 2.71. The Kier molecular flexibility index (Phi) is 2.42. The molecule has 0 bridgehead atoms. The normalized spacial score (nSPS) is 18.0. The summed E-state index contributed by atoms with van der Waals surface area (Å²) in [4.78, 5) is 13.2. The molecule has 1 heterocycles. The topological polar surface area (TPSA) is 69.1 Å². The molecule has 5 nitrogen and oxygen atoms in total. The van der Waals surface area contributed by atoms with Crippen LogP contribution in [0.1, 0.15) is 13.8 Å². The Hall–Kier alpha value is -1.39. The third kappa shape index (κ3) is 1.61. The Morgan fingerprint density at radius 1 is 1.58 bits per heavy atom. The molecule has 0 saturated heterocycles. The Morgan fingerprint density at radius 3 is 2.83 bits per heavy atom. The van der Waals surface area contributed by atoms with Crippen LogP contribution in [0.15, 0.2) is 11.4 Å². The molecule has 5 heteroatoms. The van der Waals surface area contributed by atoms with Crippen molar-refractivity contribution in [2.75, 3.05) is 13.1 Å². The fraction of sp³-hybridized carbons (Fsp3) is 0.571. The van der Waals surface area contributed by atoms with Gasteiger partial charge in [0.2, 0.25) is 0 Å². The van der Waals surface area contributed by atoms with Crippen LogP contribution in [0.5, 0.6) is 0 Å². The molecule has 0 spiro atoms. The van der Waals surface area contributed by atoms with Crippen molar-refractivity contribution in [1.82, 2.24) is 5.32 Å². The van der Waals surface area contributed by atoms with Crippen molar-refractivity contribution in [1.29, 1.82) is 0 Å². The molecule has 0 aromatic heterocycles. The minimum absolute atomic E-state index is 0.160. The quantitative estimate of drug-likeness (QED) is 0.377. The van der Waals surface area contributed by atoms with Gasteiger partial charge in [0.15, 0.2) is 6.54 Å². The first-order chi connectivity index (χ1) is 5.63. The average Bonchev–Trinajstić information content (AvgIpc) is 2.11. The summed E-state index contributed by atoms with van der Waals surface area (Å²) in [6, 6.07) is 0. The highest BCUT2D eigenvalue weighted by Gasteiger charge is 2.25. The van der Waals surface area contributed by atoms with Gasteiger partial charge in [-0.3, -0.25) is 10.1 Å². The highest BCUT2D eigenvalue weighted by molar-refractivity contribution is 5.91. The number of nitrogens with one attached hydrogen (secondary N) is 2. The van der Waals surface area contributed by atoms with E-state index < -0.39 is 0 Å². The first-order valence-corrected chi connectivity index (χ1v) is 3.80. The Bertz CT molecular complexity index is 268. The fourth-order valence-corrected chi connectivity index (χ4v) is 1.22. The summed E-state index contributed by atoms with van der Waals surface area (Å²) < 4.78 is 0. The van der Waals surface area contributed by atoms with Gasteiger partial charge in [-0.2, -0.15) is 0 Å². The number of nitrogens with zero attached hydrogens (tertiary/aromatic N) is 1. The van der Waals surface area contributed by atoms with E-state index in [1.54, 1.807) is 13.8 Å². The molecule has 0 aromatic carbocycles. The van der Waals surface area contributed by atoms with E-state index in [0.717, 1.165) is 13.1 Å².